The van der Waals surface area contributed by atoms with Gasteiger partial charge in [-0.05, 0) is 57.3 Å². The van der Waals surface area contributed by atoms with Crippen LogP contribution in [0.4, 0.5) is 17.6 Å². The monoisotopic (exact) mass is 492 g/mol. The van der Waals surface area contributed by atoms with E-state index >= 15 is 4.39 Å². The number of halogens is 4. The second-order valence-electron chi connectivity index (χ2n) is 10.2. The minimum Gasteiger partial charge on any atom is -0.368 e. The highest BCUT2D eigenvalue weighted by atomic mass is 19.4. The summed E-state index contributed by atoms with van der Waals surface area (Å²) in [6.07, 6.45) is -3.20. The molecule has 4 aliphatic rings. The highest BCUT2D eigenvalue weighted by molar-refractivity contribution is 5.84. The Hall–Kier alpha value is -1.50. The fourth-order valence-corrected chi connectivity index (χ4v) is 6.27. The van der Waals surface area contributed by atoms with Gasteiger partial charge in [0, 0.05) is 31.7 Å². The van der Waals surface area contributed by atoms with Gasteiger partial charge >= 0.3 is 6.18 Å². The van der Waals surface area contributed by atoms with E-state index in [0.29, 0.717) is 39.0 Å². The lowest BCUT2D eigenvalue weighted by Gasteiger charge is -2.45. The Kier molecular flexibility index (Phi) is 8.00. The maximum atomic E-state index is 15.7. The molecule has 0 aromatic carbocycles. The molecule has 6 N–H and O–H groups in total. The molecule has 3 heterocycles. The van der Waals surface area contributed by atoms with E-state index in [1.807, 2.05) is 0 Å². The topological polar surface area (TPSA) is 112 Å². The van der Waals surface area contributed by atoms with Crippen molar-refractivity contribution in [1.29, 1.82) is 0 Å². The van der Waals surface area contributed by atoms with Crippen LogP contribution in [0.3, 0.4) is 0 Å². The van der Waals surface area contributed by atoms with Crippen molar-refractivity contribution in [3.63, 3.8) is 0 Å². The van der Waals surface area contributed by atoms with Gasteiger partial charge in [0.25, 0.3) is 0 Å². The van der Waals surface area contributed by atoms with Crippen LogP contribution in [0.15, 0.2) is 0 Å². The van der Waals surface area contributed by atoms with Crippen LogP contribution >= 0.6 is 0 Å². The van der Waals surface area contributed by atoms with E-state index in [9.17, 15) is 22.8 Å². The lowest BCUT2D eigenvalue weighted by atomic mass is 9.77. The molecular weight excluding hydrogens is 456 g/mol. The first-order valence-electron chi connectivity index (χ1n) is 12.4. The minimum atomic E-state index is -4.14. The van der Waals surface area contributed by atoms with Crippen molar-refractivity contribution in [3.05, 3.63) is 0 Å². The molecule has 5 unspecified atom stereocenters. The number of amides is 2. The zero-order valence-corrected chi connectivity index (χ0v) is 19.2. The molecule has 0 aromatic rings. The number of nitrogens with one attached hydrogen (secondary N) is 4. The van der Waals surface area contributed by atoms with E-state index in [1.165, 1.54) is 0 Å². The van der Waals surface area contributed by atoms with Gasteiger partial charge in [0.1, 0.15) is 0 Å². The fraction of sp³-hybridized carbons (Fsp3) is 0.909. The maximum Gasteiger partial charge on any atom is 0.391 e. The van der Waals surface area contributed by atoms with Crippen molar-refractivity contribution < 1.29 is 27.2 Å². The van der Waals surface area contributed by atoms with E-state index in [2.05, 4.69) is 26.2 Å². The molecule has 4 rings (SSSR count). The van der Waals surface area contributed by atoms with Gasteiger partial charge in [-0.3, -0.25) is 30.4 Å². The summed E-state index contributed by atoms with van der Waals surface area (Å²) in [5, 5.41) is 11.9. The number of carbonyl (C=O) groups excluding carboxylic acids is 2. The Morgan fingerprint density at radius 2 is 1.88 bits per heavy atom. The first-order chi connectivity index (χ1) is 16.1. The molecule has 3 saturated heterocycles. The van der Waals surface area contributed by atoms with Crippen molar-refractivity contribution in [2.75, 3.05) is 19.8 Å². The first-order valence-corrected chi connectivity index (χ1v) is 12.4. The zero-order valence-electron chi connectivity index (χ0n) is 19.2. The van der Waals surface area contributed by atoms with Crippen molar-refractivity contribution >= 4 is 11.8 Å². The van der Waals surface area contributed by atoms with Crippen molar-refractivity contribution in [2.45, 2.75) is 88.1 Å². The fourth-order valence-electron chi connectivity index (χ4n) is 6.27. The normalized spacial score (nSPS) is 38.6. The summed E-state index contributed by atoms with van der Waals surface area (Å²) in [6.45, 7) is 1.54. The quantitative estimate of drug-likeness (QED) is 0.338. The van der Waals surface area contributed by atoms with Crippen molar-refractivity contribution in [1.82, 2.24) is 26.2 Å². The summed E-state index contributed by atoms with van der Waals surface area (Å²) >= 11 is 0. The summed E-state index contributed by atoms with van der Waals surface area (Å²) in [7, 11) is 0. The summed E-state index contributed by atoms with van der Waals surface area (Å²) in [4.78, 5) is 26.0. The second kappa shape index (κ2) is 10.6. The molecular formula is C22H36F4N6O2. The number of likely N-dealkylation sites (tertiary alicyclic amines) is 1. The molecule has 2 amide bonds. The molecule has 6 atom stereocenters. The summed E-state index contributed by atoms with van der Waals surface area (Å²) in [6, 6.07) is -0.812. The Bertz CT molecular complexity index is 733. The highest BCUT2D eigenvalue weighted by Gasteiger charge is 2.47. The van der Waals surface area contributed by atoms with Gasteiger partial charge in [-0.15, -0.1) is 0 Å². The lowest BCUT2D eigenvalue weighted by molar-refractivity contribution is -0.185. The van der Waals surface area contributed by atoms with Crippen LogP contribution in [-0.4, -0.2) is 73.2 Å². The van der Waals surface area contributed by atoms with Gasteiger partial charge in [0.15, 0.2) is 6.17 Å². The average molecular weight is 493 g/mol. The predicted octanol–water partition coefficient (Wildman–Crippen LogP) is 0.930. The Morgan fingerprint density at radius 1 is 1.15 bits per heavy atom. The summed E-state index contributed by atoms with van der Waals surface area (Å²) < 4.78 is 55.0. The smallest absolute Gasteiger partial charge is 0.368 e. The number of rotatable bonds is 7. The molecule has 194 valence electrons. The molecule has 34 heavy (non-hydrogen) atoms. The van der Waals surface area contributed by atoms with Gasteiger partial charge in [-0.1, -0.05) is 0 Å². The number of alkyl halides is 4. The molecule has 0 bridgehead atoms. The third kappa shape index (κ3) is 5.66. The SMILES string of the molecule is NC(=O)[C@@H](CC1CCNC1=O)NC1NCNC(N2CCCC2C2CCC(C(F)(F)F)CC2)C1F. The third-order valence-electron chi connectivity index (χ3n) is 8.14. The molecule has 0 spiro atoms. The molecule has 4 fully saturated rings. The molecule has 0 aromatic heterocycles. The Morgan fingerprint density at radius 3 is 2.50 bits per heavy atom. The third-order valence-corrected chi connectivity index (χ3v) is 8.14. The molecule has 1 aliphatic carbocycles. The van der Waals surface area contributed by atoms with Crippen molar-refractivity contribution in [3.8, 4) is 0 Å². The van der Waals surface area contributed by atoms with Crippen LogP contribution in [-0.2, 0) is 9.59 Å². The number of carbonyl (C=O) groups is 2. The van der Waals surface area contributed by atoms with Gasteiger partial charge in [-0.25, -0.2) is 4.39 Å². The standard InChI is InChI=1S/C22H36F4N6O2/c23-17-19(31-15(18(27)33)10-13-7-8-28-21(13)34)29-11-30-20(17)32-9-1-2-16(32)12-3-5-14(6-4-12)22(24,25)26/h12-17,19-20,29-31H,1-11H2,(H2,27,33)(H,28,34)/t12?,13?,14?,15-,16?,17?,19?,20?/m1/s1. The molecule has 1 saturated carbocycles. The van der Waals surface area contributed by atoms with Crippen LogP contribution in [0.2, 0.25) is 0 Å². The van der Waals surface area contributed by atoms with Crippen LogP contribution in [0.1, 0.15) is 51.4 Å². The van der Waals surface area contributed by atoms with Crippen LogP contribution in [0.25, 0.3) is 0 Å². The highest BCUT2D eigenvalue weighted by Crippen LogP contribution is 2.43. The first kappa shape index (κ1) is 25.6. The van der Waals surface area contributed by atoms with Crippen LogP contribution in [0, 0.1) is 17.8 Å². The number of nitrogens with two attached hydrogens (primary N) is 1. The van der Waals surface area contributed by atoms with E-state index in [4.69, 9.17) is 5.73 Å². The number of primary amides is 1. The van der Waals surface area contributed by atoms with Gasteiger partial charge in [0.2, 0.25) is 11.8 Å². The van der Waals surface area contributed by atoms with Gasteiger partial charge < -0.3 is 11.1 Å². The molecule has 12 heteroatoms. The largest absolute Gasteiger partial charge is 0.391 e. The number of hydrogen-bond acceptors (Lipinski definition) is 6. The number of nitrogens with zero attached hydrogens (tertiary/aromatic N) is 1. The molecule has 3 aliphatic heterocycles. The van der Waals surface area contributed by atoms with Crippen molar-refractivity contribution in [2.24, 2.45) is 23.5 Å². The van der Waals surface area contributed by atoms with E-state index in [1.54, 1.807) is 0 Å². The minimum absolute atomic E-state index is 0.0396. The van der Waals surface area contributed by atoms with E-state index in [-0.39, 0.29) is 43.0 Å². The predicted molar refractivity (Wildman–Crippen MR) is 117 cm³/mol. The second-order valence-corrected chi connectivity index (χ2v) is 10.2. The van der Waals surface area contributed by atoms with E-state index < -0.39 is 42.5 Å². The van der Waals surface area contributed by atoms with Crippen LogP contribution < -0.4 is 27.0 Å². The Labute approximate surface area is 197 Å². The summed E-state index contributed by atoms with van der Waals surface area (Å²) in [5.41, 5.74) is 5.55. The van der Waals surface area contributed by atoms with Gasteiger partial charge in [-0.2, -0.15) is 13.2 Å². The molecule has 0 radical (unpaired) electrons. The number of hydrogen-bond donors (Lipinski definition) is 5. The summed E-state index contributed by atoms with van der Waals surface area (Å²) in [5.74, 6) is -2.21. The zero-order chi connectivity index (χ0) is 24.5. The van der Waals surface area contributed by atoms with Crippen LogP contribution in [0.5, 0.6) is 0 Å². The van der Waals surface area contributed by atoms with Gasteiger partial charge in [0.05, 0.1) is 24.3 Å². The molecule has 8 nitrogen and oxygen atoms in total. The maximum absolute atomic E-state index is 15.7. The Balaban J connectivity index is 1.37. The lowest BCUT2D eigenvalue weighted by Crippen LogP contribution is -2.71. The average Bonchev–Trinajstić information content (AvgIpc) is 3.43. The van der Waals surface area contributed by atoms with E-state index in [0.717, 1.165) is 12.8 Å².